The van der Waals surface area contributed by atoms with Crippen LogP contribution in [0.2, 0.25) is 0 Å². The van der Waals surface area contributed by atoms with E-state index >= 15 is 0 Å². The van der Waals surface area contributed by atoms with Crippen LogP contribution in [0.5, 0.6) is 0 Å². The molecule has 9 nitrogen and oxygen atoms in total. The van der Waals surface area contributed by atoms with Crippen LogP contribution in [-0.4, -0.2) is 43.4 Å². The number of thioether (sulfide) groups is 1. The zero-order chi connectivity index (χ0) is 20.6. The van der Waals surface area contributed by atoms with Gasteiger partial charge < -0.3 is 9.88 Å². The van der Waals surface area contributed by atoms with Crippen molar-refractivity contribution in [3.63, 3.8) is 0 Å². The van der Waals surface area contributed by atoms with Crippen LogP contribution in [0.25, 0.3) is 0 Å². The summed E-state index contributed by atoms with van der Waals surface area (Å²) >= 11 is 1.22. The van der Waals surface area contributed by atoms with Gasteiger partial charge in [0.15, 0.2) is 5.16 Å². The van der Waals surface area contributed by atoms with Gasteiger partial charge in [0.1, 0.15) is 11.4 Å². The average Bonchev–Trinajstić information content (AvgIpc) is 3.46. The highest BCUT2D eigenvalue weighted by Gasteiger charge is 2.52. The number of urea groups is 1. The number of carbonyl (C=O) groups is 3. The number of benzene rings is 1. The van der Waals surface area contributed by atoms with Crippen molar-refractivity contribution in [1.82, 2.24) is 30.5 Å². The van der Waals surface area contributed by atoms with E-state index in [0.29, 0.717) is 23.1 Å². The van der Waals surface area contributed by atoms with Crippen LogP contribution in [-0.2, 0) is 22.2 Å². The minimum Gasteiger partial charge on any atom is -0.318 e. The van der Waals surface area contributed by atoms with E-state index < -0.39 is 23.4 Å². The Morgan fingerprint density at radius 2 is 2.00 bits per heavy atom. The Bertz CT molecular complexity index is 958. The third-order valence-corrected chi connectivity index (χ3v) is 6.29. The lowest BCUT2D eigenvalue weighted by Gasteiger charge is -2.25. The number of aromatic nitrogens is 3. The molecule has 4 rings (SSSR count). The Balaban J connectivity index is 1.41. The number of hydrogen-bond acceptors (Lipinski definition) is 6. The molecule has 2 aromatic rings. The molecule has 152 valence electrons. The standard InChI is InChI=1S/C19H22N6O3S/c1-3-19(13-7-5-4-6-8-13)16(27)25(17(28)20-19)23-14(26)11-29-18-22-21-15(24(18)2)12-9-10-12/h4-8,12H,3,9-11H2,1-2H3,(H,20,28)(H,23,26). The van der Waals surface area contributed by atoms with Crippen molar-refractivity contribution >= 4 is 29.6 Å². The molecule has 2 fully saturated rings. The van der Waals surface area contributed by atoms with Crippen LogP contribution in [0.4, 0.5) is 4.79 Å². The van der Waals surface area contributed by atoms with Crippen molar-refractivity contribution in [3.8, 4) is 0 Å². The molecule has 1 saturated heterocycles. The lowest BCUT2D eigenvalue weighted by molar-refractivity contribution is -0.138. The third kappa shape index (κ3) is 3.48. The molecule has 2 aliphatic rings. The summed E-state index contributed by atoms with van der Waals surface area (Å²) in [6.07, 6.45) is 2.60. The Morgan fingerprint density at radius 1 is 1.28 bits per heavy atom. The maximum absolute atomic E-state index is 13.0. The Morgan fingerprint density at radius 3 is 2.66 bits per heavy atom. The fourth-order valence-corrected chi connectivity index (χ4v) is 4.19. The molecule has 29 heavy (non-hydrogen) atoms. The Hall–Kier alpha value is -2.88. The van der Waals surface area contributed by atoms with Crippen molar-refractivity contribution in [2.24, 2.45) is 7.05 Å². The molecule has 4 amide bonds. The molecule has 10 heteroatoms. The summed E-state index contributed by atoms with van der Waals surface area (Å²) in [4.78, 5) is 37.8. The summed E-state index contributed by atoms with van der Waals surface area (Å²) in [7, 11) is 1.88. The Kier molecular flexibility index (Phi) is 5.03. The maximum atomic E-state index is 13.0. The first-order valence-corrected chi connectivity index (χ1v) is 10.5. The van der Waals surface area contributed by atoms with Gasteiger partial charge in [-0.15, -0.1) is 10.2 Å². The van der Waals surface area contributed by atoms with E-state index in [-0.39, 0.29) is 5.75 Å². The minimum atomic E-state index is -1.18. The summed E-state index contributed by atoms with van der Waals surface area (Å²) in [5.41, 5.74) is 1.92. The van der Waals surface area contributed by atoms with Crippen LogP contribution in [0.1, 0.15) is 43.5 Å². The van der Waals surface area contributed by atoms with Gasteiger partial charge in [-0.1, -0.05) is 49.0 Å². The van der Waals surface area contributed by atoms with Crippen LogP contribution in [0.15, 0.2) is 35.5 Å². The second-order valence-corrected chi connectivity index (χ2v) is 8.14. The van der Waals surface area contributed by atoms with Gasteiger partial charge in [-0.3, -0.25) is 15.0 Å². The number of amides is 4. The number of imide groups is 1. The highest BCUT2D eigenvalue weighted by Crippen LogP contribution is 2.39. The van der Waals surface area contributed by atoms with E-state index in [1.54, 1.807) is 24.3 Å². The summed E-state index contributed by atoms with van der Waals surface area (Å²) in [6.45, 7) is 1.82. The lowest BCUT2D eigenvalue weighted by Crippen LogP contribution is -2.49. The SMILES string of the molecule is CCC1(c2ccccc2)NC(=O)N(NC(=O)CSc2nnc(C3CC3)n2C)C1=O. The van der Waals surface area contributed by atoms with Gasteiger partial charge in [0.05, 0.1) is 5.75 Å². The molecule has 2 N–H and O–H groups in total. The molecular weight excluding hydrogens is 392 g/mol. The highest BCUT2D eigenvalue weighted by molar-refractivity contribution is 7.99. The van der Waals surface area contributed by atoms with Gasteiger partial charge in [-0.05, 0) is 24.8 Å². The van der Waals surface area contributed by atoms with Crippen molar-refractivity contribution in [3.05, 3.63) is 41.7 Å². The van der Waals surface area contributed by atoms with E-state index in [4.69, 9.17) is 0 Å². The largest absolute Gasteiger partial charge is 0.344 e. The molecule has 1 aliphatic carbocycles. The summed E-state index contributed by atoms with van der Waals surface area (Å²) in [6, 6.07) is 8.38. The second kappa shape index (κ2) is 7.51. The number of nitrogens with zero attached hydrogens (tertiary/aromatic N) is 4. The average molecular weight is 414 g/mol. The Labute approximate surface area is 172 Å². The van der Waals surface area contributed by atoms with E-state index in [9.17, 15) is 14.4 Å². The topological polar surface area (TPSA) is 109 Å². The predicted molar refractivity (Wildman–Crippen MR) is 106 cm³/mol. The zero-order valence-corrected chi connectivity index (χ0v) is 17.0. The first-order valence-electron chi connectivity index (χ1n) is 9.50. The van der Waals surface area contributed by atoms with Crippen LogP contribution >= 0.6 is 11.8 Å². The van der Waals surface area contributed by atoms with Gasteiger partial charge in [0.2, 0.25) is 5.91 Å². The lowest BCUT2D eigenvalue weighted by atomic mass is 9.87. The highest BCUT2D eigenvalue weighted by atomic mass is 32.2. The maximum Gasteiger partial charge on any atom is 0.344 e. The molecule has 2 heterocycles. The van der Waals surface area contributed by atoms with Gasteiger partial charge >= 0.3 is 6.03 Å². The van der Waals surface area contributed by atoms with E-state index in [2.05, 4.69) is 20.9 Å². The smallest absolute Gasteiger partial charge is 0.318 e. The number of hydrazine groups is 1. The van der Waals surface area contributed by atoms with Crippen molar-refractivity contribution in [1.29, 1.82) is 0 Å². The van der Waals surface area contributed by atoms with Crippen molar-refractivity contribution in [2.75, 3.05) is 5.75 Å². The monoisotopic (exact) mass is 414 g/mol. The first kappa shape index (κ1) is 19.4. The molecule has 1 aromatic heterocycles. The van der Waals surface area contributed by atoms with Crippen LogP contribution in [0.3, 0.4) is 0 Å². The quantitative estimate of drug-likeness (QED) is 0.527. The molecule has 1 unspecified atom stereocenters. The second-order valence-electron chi connectivity index (χ2n) is 7.19. The number of nitrogens with one attached hydrogen (secondary N) is 2. The van der Waals surface area contributed by atoms with Crippen LogP contribution < -0.4 is 10.7 Å². The molecule has 1 aromatic carbocycles. The molecule has 0 radical (unpaired) electrons. The van der Waals surface area contributed by atoms with Crippen molar-refractivity contribution in [2.45, 2.75) is 42.8 Å². The van der Waals surface area contributed by atoms with Gasteiger partial charge in [0.25, 0.3) is 5.91 Å². The molecule has 1 aliphatic heterocycles. The van der Waals surface area contributed by atoms with Gasteiger partial charge in [-0.25, -0.2) is 4.79 Å². The fourth-order valence-electron chi connectivity index (χ4n) is 3.47. The summed E-state index contributed by atoms with van der Waals surface area (Å²) in [5, 5.41) is 12.4. The number of carbonyl (C=O) groups excluding carboxylic acids is 3. The van der Waals surface area contributed by atoms with E-state index in [1.165, 1.54) is 11.8 Å². The summed E-state index contributed by atoms with van der Waals surface area (Å²) in [5.74, 6) is 0.441. The van der Waals surface area contributed by atoms with Gasteiger partial charge in [-0.2, -0.15) is 5.01 Å². The number of rotatable bonds is 7. The van der Waals surface area contributed by atoms with E-state index in [1.807, 2.05) is 24.6 Å². The fraction of sp³-hybridized carbons (Fsp3) is 0.421. The molecule has 0 spiro atoms. The summed E-state index contributed by atoms with van der Waals surface area (Å²) < 4.78 is 1.89. The first-order chi connectivity index (χ1) is 14.0. The molecule has 1 saturated carbocycles. The normalized spacial score (nSPS) is 21.4. The molecule has 1 atom stereocenters. The van der Waals surface area contributed by atoms with Crippen molar-refractivity contribution < 1.29 is 14.4 Å². The number of hydrogen-bond donors (Lipinski definition) is 2. The third-order valence-electron chi connectivity index (χ3n) is 5.27. The zero-order valence-electron chi connectivity index (χ0n) is 16.2. The minimum absolute atomic E-state index is 0.0121. The van der Waals surface area contributed by atoms with Gasteiger partial charge in [0, 0.05) is 13.0 Å². The van der Waals surface area contributed by atoms with Crippen LogP contribution in [0, 0.1) is 0 Å². The molecule has 0 bridgehead atoms. The predicted octanol–water partition coefficient (Wildman–Crippen LogP) is 1.67. The van der Waals surface area contributed by atoms with E-state index in [0.717, 1.165) is 23.7 Å². The molecular formula is C19H22N6O3S.